The number of nitrogens with one attached hydrogen (secondary N) is 2. The summed E-state index contributed by atoms with van der Waals surface area (Å²) in [6.45, 7) is 2.87. The number of hydrogen-bond donors (Lipinski definition) is 2. The monoisotopic (exact) mass is 497 g/mol. The second-order valence-corrected chi connectivity index (χ2v) is 9.48. The number of aryl methyl sites for hydroxylation is 1. The van der Waals surface area contributed by atoms with Gasteiger partial charge in [0.15, 0.2) is 0 Å². The molecule has 0 bridgehead atoms. The highest BCUT2D eigenvalue weighted by molar-refractivity contribution is 5.90. The number of carbonyl (C=O) groups is 1. The Morgan fingerprint density at radius 2 is 1.89 bits per heavy atom. The Balaban J connectivity index is 1.42. The number of urea groups is 1. The lowest BCUT2D eigenvalue weighted by Crippen LogP contribution is -2.29. The van der Waals surface area contributed by atoms with E-state index in [1.54, 1.807) is 31.1 Å². The van der Waals surface area contributed by atoms with Crippen molar-refractivity contribution in [3.8, 4) is 16.9 Å². The van der Waals surface area contributed by atoms with Gasteiger partial charge >= 0.3 is 6.03 Å². The molecule has 4 aromatic rings. The fraction of sp³-hybridized carbons (Fsp3) is 0.276. The molecule has 37 heavy (non-hydrogen) atoms. The van der Waals surface area contributed by atoms with E-state index in [2.05, 4.69) is 28.8 Å². The molecule has 5 rings (SSSR count). The minimum absolute atomic E-state index is 0.0956. The molecule has 8 nitrogen and oxygen atoms in total. The number of pyridine rings is 1. The van der Waals surface area contributed by atoms with E-state index in [9.17, 15) is 9.59 Å². The molecule has 8 heteroatoms. The zero-order chi connectivity index (χ0) is 25.9. The summed E-state index contributed by atoms with van der Waals surface area (Å²) < 4.78 is 8.54. The van der Waals surface area contributed by atoms with Gasteiger partial charge in [0, 0.05) is 44.1 Å². The lowest BCUT2D eigenvalue weighted by atomic mass is 10.0. The minimum atomic E-state index is -0.314. The van der Waals surface area contributed by atoms with Gasteiger partial charge in [-0.1, -0.05) is 36.4 Å². The number of ether oxygens (including phenoxy) is 1. The Bertz CT molecular complexity index is 1490. The summed E-state index contributed by atoms with van der Waals surface area (Å²) in [4.78, 5) is 25.0. The van der Waals surface area contributed by atoms with Crippen molar-refractivity contribution in [2.24, 2.45) is 7.05 Å². The Hall–Kier alpha value is -4.17. The largest absolute Gasteiger partial charge is 0.380 e. The third-order valence-corrected chi connectivity index (χ3v) is 6.69. The maximum atomic E-state index is 13.1. The van der Waals surface area contributed by atoms with E-state index >= 15 is 0 Å². The smallest absolute Gasteiger partial charge is 0.320 e. The van der Waals surface area contributed by atoms with E-state index in [1.165, 1.54) is 29.0 Å². The topological polar surface area (TPSA) is 90.2 Å². The number of rotatable bonds is 8. The fourth-order valence-electron chi connectivity index (χ4n) is 4.60. The first kappa shape index (κ1) is 24.5. The molecular weight excluding hydrogens is 466 g/mol. The predicted octanol–water partition coefficient (Wildman–Crippen LogP) is 4.89. The zero-order valence-electron chi connectivity index (χ0n) is 21.3. The van der Waals surface area contributed by atoms with Gasteiger partial charge in [0.05, 0.1) is 18.0 Å². The maximum Gasteiger partial charge on any atom is 0.320 e. The molecule has 1 aliphatic rings. The van der Waals surface area contributed by atoms with Crippen molar-refractivity contribution >= 4 is 11.8 Å². The summed E-state index contributed by atoms with van der Waals surface area (Å²) >= 11 is 0. The second-order valence-electron chi connectivity index (χ2n) is 9.48. The van der Waals surface area contributed by atoms with E-state index in [-0.39, 0.29) is 11.6 Å². The van der Waals surface area contributed by atoms with Crippen LogP contribution in [0.5, 0.6) is 0 Å². The molecule has 0 radical (unpaired) electrons. The van der Waals surface area contributed by atoms with Crippen molar-refractivity contribution in [2.45, 2.75) is 38.8 Å². The van der Waals surface area contributed by atoms with E-state index in [0.717, 1.165) is 27.9 Å². The second kappa shape index (κ2) is 10.4. The number of amides is 2. The molecule has 0 spiro atoms. The van der Waals surface area contributed by atoms with Crippen LogP contribution in [-0.4, -0.2) is 27.5 Å². The molecule has 0 saturated heterocycles. The standard InChI is InChI=1S/C29H31N5O3/c1-19-27(22-12-14-26(35)33(2)17-22)32-34(24-7-5-4-6-8-24)28(19)31-29(36)30-16-23-15-20(18-37-3)9-13-25(23)21-10-11-21/h4-9,12-15,17,21H,10-11,16,18H2,1-3H3,(H2,30,31,36). The molecule has 1 fully saturated rings. The first-order chi connectivity index (χ1) is 17.9. The lowest BCUT2D eigenvalue weighted by molar-refractivity contribution is 0.185. The third kappa shape index (κ3) is 5.34. The maximum absolute atomic E-state index is 13.1. The molecule has 2 heterocycles. The minimum Gasteiger partial charge on any atom is -0.380 e. The van der Waals surface area contributed by atoms with Gasteiger partial charge in [-0.05, 0) is 60.6 Å². The van der Waals surface area contributed by atoms with Gasteiger partial charge in [0.25, 0.3) is 0 Å². The first-order valence-electron chi connectivity index (χ1n) is 12.4. The van der Waals surface area contributed by atoms with E-state index in [0.29, 0.717) is 30.6 Å². The lowest BCUT2D eigenvalue weighted by Gasteiger charge is -2.14. The molecule has 1 aliphatic carbocycles. The van der Waals surface area contributed by atoms with Gasteiger partial charge in [-0.25, -0.2) is 9.48 Å². The van der Waals surface area contributed by atoms with Crippen LogP contribution in [0.3, 0.4) is 0 Å². The van der Waals surface area contributed by atoms with Gasteiger partial charge in [0.2, 0.25) is 5.56 Å². The van der Waals surface area contributed by atoms with E-state index in [1.807, 2.05) is 37.3 Å². The predicted molar refractivity (Wildman–Crippen MR) is 144 cm³/mol. The third-order valence-electron chi connectivity index (χ3n) is 6.69. The molecule has 0 aliphatic heterocycles. The van der Waals surface area contributed by atoms with Crippen LogP contribution in [0.2, 0.25) is 0 Å². The summed E-state index contributed by atoms with van der Waals surface area (Å²) in [6, 6.07) is 19.0. The Morgan fingerprint density at radius 3 is 2.59 bits per heavy atom. The Labute approximate surface area is 215 Å². The molecule has 2 aromatic heterocycles. The van der Waals surface area contributed by atoms with Gasteiger partial charge in [-0.3, -0.25) is 10.1 Å². The summed E-state index contributed by atoms with van der Waals surface area (Å²) in [7, 11) is 3.39. The van der Waals surface area contributed by atoms with E-state index in [4.69, 9.17) is 9.84 Å². The van der Waals surface area contributed by atoms with Crippen LogP contribution in [-0.2, 0) is 24.9 Å². The van der Waals surface area contributed by atoms with Crippen molar-refractivity contribution in [1.82, 2.24) is 19.7 Å². The quantitative estimate of drug-likeness (QED) is 0.363. The highest BCUT2D eigenvalue weighted by Gasteiger charge is 2.26. The van der Waals surface area contributed by atoms with Crippen molar-refractivity contribution in [3.05, 3.63) is 99.5 Å². The molecule has 0 unspecified atom stereocenters. The van der Waals surface area contributed by atoms with Crippen LogP contribution in [0.4, 0.5) is 10.6 Å². The number of anilines is 1. The van der Waals surface area contributed by atoms with Gasteiger partial charge in [-0.15, -0.1) is 0 Å². The number of aromatic nitrogens is 3. The summed E-state index contributed by atoms with van der Waals surface area (Å²) in [5.41, 5.74) is 6.51. The first-order valence-corrected chi connectivity index (χ1v) is 12.4. The molecule has 190 valence electrons. The normalized spacial score (nSPS) is 12.9. The summed E-state index contributed by atoms with van der Waals surface area (Å²) in [5.74, 6) is 1.14. The molecule has 1 saturated carbocycles. The number of carbonyl (C=O) groups excluding carboxylic acids is 1. The summed E-state index contributed by atoms with van der Waals surface area (Å²) in [6.07, 6.45) is 4.13. The molecule has 2 N–H and O–H groups in total. The highest BCUT2D eigenvalue weighted by Crippen LogP contribution is 2.42. The highest BCUT2D eigenvalue weighted by atomic mass is 16.5. The molecular formula is C29H31N5O3. The van der Waals surface area contributed by atoms with Crippen LogP contribution in [0.1, 0.15) is 41.0 Å². The van der Waals surface area contributed by atoms with Gasteiger partial charge in [-0.2, -0.15) is 5.10 Å². The van der Waals surface area contributed by atoms with Crippen LogP contribution in [0, 0.1) is 6.92 Å². The number of para-hydroxylation sites is 1. The number of methoxy groups -OCH3 is 1. The average Bonchev–Trinajstić information content (AvgIpc) is 3.70. The Kier molecular flexibility index (Phi) is 6.92. The van der Waals surface area contributed by atoms with Crippen LogP contribution in [0.25, 0.3) is 16.9 Å². The van der Waals surface area contributed by atoms with Crippen molar-refractivity contribution < 1.29 is 9.53 Å². The average molecular weight is 498 g/mol. The molecule has 0 atom stereocenters. The Morgan fingerprint density at radius 1 is 1.11 bits per heavy atom. The van der Waals surface area contributed by atoms with E-state index < -0.39 is 0 Å². The van der Waals surface area contributed by atoms with Crippen molar-refractivity contribution in [2.75, 3.05) is 12.4 Å². The number of nitrogens with zero attached hydrogens (tertiary/aromatic N) is 3. The SMILES string of the molecule is COCc1ccc(C2CC2)c(CNC(=O)Nc2c(C)c(-c3ccc(=O)n(C)c3)nn2-c2ccccc2)c1. The molecule has 2 amide bonds. The van der Waals surface area contributed by atoms with Crippen LogP contribution in [0.15, 0.2) is 71.7 Å². The van der Waals surface area contributed by atoms with Gasteiger partial charge in [0.1, 0.15) is 5.82 Å². The fourth-order valence-corrected chi connectivity index (χ4v) is 4.60. The zero-order valence-corrected chi connectivity index (χ0v) is 21.3. The number of benzene rings is 2. The van der Waals surface area contributed by atoms with Crippen molar-refractivity contribution in [1.29, 1.82) is 0 Å². The van der Waals surface area contributed by atoms with Crippen LogP contribution < -0.4 is 16.2 Å². The van der Waals surface area contributed by atoms with Crippen LogP contribution >= 0.6 is 0 Å². The molecule has 2 aromatic carbocycles. The van der Waals surface area contributed by atoms with Gasteiger partial charge < -0.3 is 14.6 Å². The van der Waals surface area contributed by atoms with Crippen molar-refractivity contribution in [3.63, 3.8) is 0 Å². The number of hydrogen-bond acceptors (Lipinski definition) is 4. The summed E-state index contributed by atoms with van der Waals surface area (Å²) in [5, 5.41) is 10.9.